The van der Waals surface area contributed by atoms with E-state index in [0.29, 0.717) is 15.7 Å². The predicted octanol–water partition coefficient (Wildman–Crippen LogP) is 5.41. The number of sulfonamides is 1. The van der Waals surface area contributed by atoms with Crippen LogP contribution < -0.4 is 4.90 Å². The number of nitrogens with zero attached hydrogens (tertiary/aromatic N) is 5. The van der Waals surface area contributed by atoms with Crippen LogP contribution in [0.2, 0.25) is 10.0 Å². The number of aromatic nitrogens is 2. The number of fused-ring (bicyclic) bond motifs is 1. The fourth-order valence-electron chi connectivity index (χ4n) is 5.63. The fourth-order valence-corrected chi connectivity index (χ4v) is 8.42. The van der Waals surface area contributed by atoms with Gasteiger partial charge in [0.2, 0.25) is 11.9 Å². The average Bonchev–Trinajstić information content (AvgIpc) is 3.68. The minimum Gasteiger partial charge on any atom is -0.340 e. The number of carbonyl (C=O) groups excluding carboxylic acids is 2. The van der Waals surface area contributed by atoms with Gasteiger partial charge < -0.3 is 4.90 Å². The highest BCUT2D eigenvalue weighted by Crippen LogP contribution is 2.45. The van der Waals surface area contributed by atoms with Gasteiger partial charge >= 0.3 is 0 Å². The van der Waals surface area contributed by atoms with E-state index in [-0.39, 0.29) is 55.4 Å². The van der Waals surface area contributed by atoms with Gasteiger partial charge in [-0.15, -0.1) is 0 Å². The number of hydrogen-bond donors (Lipinski definition) is 0. The Balaban J connectivity index is 1.43. The Labute approximate surface area is 257 Å². The van der Waals surface area contributed by atoms with Crippen LogP contribution in [0.15, 0.2) is 70.5 Å². The van der Waals surface area contributed by atoms with Crippen LogP contribution in [0.25, 0.3) is 11.1 Å². The molecule has 2 aliphatic rings. The molecule has 0 spiro atoms. The minimum atomic E-state index is -4.07. The second-order valence-electron chi connectivity index (χ2n) is 10.6. The van der Waals surface area contributed by atoms with Crippen molar-refractivity contribution in [2.45, 2.75) is 30.8 Å². The number of rotatable bonds is 6. The van der Waals surface area contributed by atoms with Gasteiger partial charge in [0.25, 0.3) is 15.9 Å². The molecule has 0 bridgehead atoms. The number of amides is 2. The number of thiophene rings is 1. The molecule has 9 nitrogen and oxygen atoms in total. The van der Waals surface area contributed by atoms with Gasteiger partial charge in [-0.2, -0.15) is 15.6 Å². The van der Waals surface area contributed by atoms with E-state index in [1.807, 2.05) is 35.7 Å². The van der Waals surface area contributed by atoms with Crippen molar-refractivity contribution < 1.29 is 18.0 Å². The summed E-state index contributed by atoms with van der Waals surface area (Å²) in [7, 11) is -4.07. The van der Waals surface area contributed by atoms with E-state index >= 15 is 0 Å². The van der Waals surface area contributed by atoms with Gasteiger partial charge in [-0.3, -0.25) is 14.2 Å². The topological polar surface area (TPSA) is 95.8 Å². The number of piperazine rings is 1. The van der Waals surface area contributed by atoms with Crippen LogP contribution in [0.5, 0.6) is 0 Å². The Bertz CT molecular complexity index is 1760. The Morgan fingerprint density at radius 3 is 2.26 bits per heavy atom. The molecule has 4 heterocycles. The molecule has 1 fully saturated rings. The van der Waals surface area contributed by atoms with Crippen molar-refractivity contribution >= 4 is 68.0 Å². The van der Waals surface area contributed by atoms with Gasteiger partial charge in [0.05, 0.1) is 11.9 Å². The molecule has 42 heavy (non-hydrogen) atoms. The van der Waals surface area contributed by atoms with Crippen LogP contribution in [0.3, 0.4) is 0 Å². The van der Waals surface area contributed by atoms with Gasteiger partial charge in [-0.25, -0.2) is 18.3 Å². The summed E-state index contributed by atoms with van der Waals surface area (Å²) in [5, 5.41) is 4.65. The highest BCUT2D eigenvalue weighted by molar-refractivity contribution is 7.89. The minimum absolute atomic E-state index is 0.0878. The van der Waals surface area contributed by atoms with Crippen molar-refractivity contribution in [3.8, 4) is 11.1 Å². The normalized spacial score (nSPS) is 19.4. The lowest BCUT2D eigenvalue weighted by Gasteiger charge is -2.34. The molecular formula is C29H27Cl2N5O4S2. The summed E-state index contributed by atoms with van der Waals surface area (Å²) in [6.07, 6.45) is 1.51. The van der Waals surface area contributed by atoms with Crippen LogP contribution in [0.4, 0.5) is 11.6 Å². The lowest BCUT2D eigenvalue weighted by Crippen LogP contribution is -2.50. The zero-order chi connectivity index (χ0) is 29.8. The summed E-state index contributed by atoms with van der Waals surface area (Å²) in [6.45, 7) is 4.06. The molecule has 4 aromatic rings. The van der Waals surface area contributed by atoms with Crippen LogP contribution in [-0.2, 0) is 31.6 Å². The zero-order valence-electron chi connectivity index (χ0n) is 22.8. The van der Waals surface area contributed by atoms with E-state index in [1.54, 1.807) is 41.4 Å². The van der Waals surface area contributed by atoms with Crippen molar-refractivity contribution in [1.29, 1.82) is 0 Å². The molecule has 0 aliphatic carbocycles. The molecular weight excluding hydrogens is 617 g/mol. The van der Waals surface area contributed by atoms with Crippen molar-refractivity contribution in [3.63, 3.8) is 0 Å². The molecule has 6 rings (SSSR count). The first-order valence-corrected chi connectivity index (χ1v) is 16.4. The second kappa shape index (κ2) is 10.8. The quantitative estimate of drug-likeness (QED) is 0.280. The van der Waals surface area contributed by atoms with E-state index < -0.39 is 15.6 Å². The van der Waals surface area contributed by atoms with Gasteiger partial charge in [0, 0.05) is 49.6 Å². The number of imidazole rings is 1. The molecule has 1 unspecified atom stereocenters. The van der Waals surface area contributed by atoms with Crippen LogP contribution in [0, 0.1) is 0 Å². The molecule has 2 aromatic carbocycles. The monoisotopic (exact) mass is 643 g/mol. The first-order chi connectivity index (χ1) is 20.0. The van der Waals surface area contributed by atoms with Crippen molar-refractivity contribution in [2.75, 3.05) is 31.1 Å². The summed E-state index contributed by atoms with van der Waals surface area (Å²) in [5.41, 5.74) is 2.06. The van der Waals surface area contributed by atoms with Crippen molar-refractivity contribution in [3.05, 3.63) is 81.1 Å². The molecule has 1 atom stereocenters. The second-order valence-corrected chi connectivity index (χ2v) is 14.1. The molecule has 0 N–H and O–H groups in total. The maximum Gasteiger partial charge on any atom is 0.260 e. The zero-order valence-corrected chi connectivity index (χ0v) is 26.0. The number of anilines is 2. The molecule has 0 saturated carbocycles. The predicted molar refractivity (Wildman–Crippen MR) is 164 cm³/mol. The number of halogens is 2. The molecule has 1 saturated heterocycles. The highest BCUT2D eigenvalue weighted by atomic mass is 35.5. The molecule has 2 amide bonds. The Hall–Kier alpha value is -3.22. The van der Waals surface area contributed by atoms with E-state index in [4.69, 9.17) is 23.2 Å². The van der Waals surface area contributed by atoms with E-state index in [0.717, 1.165) is 16.7 Å². The van der Waals surface area contributed by atoms with Gasteiger partial charge in [-0.05, 0) is 58.6 Å². The van der Waals surface area contributed by atoms with E-state index in [1.165, 1.54) is 26.9 Å². The van der Waals surface area contributed by atoms with Gasteiger partial charge in [0.15, 0.2) is 5.03 Å². The SMILES string of the molecule is CC(=O)N1CCN(S(=O)(=O)c2cnc3n2C(C)(Cc2ccc(-c4ccsc4)cc2)C(=O)N3c2cc(Cl)cc(Cl)c2)CC1. The largest absolute Gasteiger partial charge is 0.340 e. The van der Waals surface area contributed by atoms with Gasteiger partial charge in [0.1, 0.15) is 5.54 Å². The molecule has 218 valence electrons. The molecule has 2 aromatic heterocycles. The van der Waals surface area contributed by atoms with Crippen molar-refractivity contribution in [1.82, 2.24) is 18.8 Å². The maximum absolute atomic E-state index is 14.3. The first-order valence-electron chi connectivity index (χ1n) is 13.2. The third-order valence-electron chi connectivity index (χ3n) is 7.82. The van der Waals surface area contributed by atoms with E-state index in [9.17, 15) is 18.0 Å². The number of hydrogen-bond acceptors (Lipinski definition) is 6. The lowest BCUT2D eigenvalue weighted by atomic mass is 9.91. The molecule has 13 heteroatoms. The first kappa shape index (κ1) is 28.9. The van der Waals surface area contributed by atoms with Crippen LogP contribution in [-0.4, -0.2) is 65.2 Å². The maximum atomic E-state index is 14.3. The van der Waals surface area contributed by atoms with Crippen molar-refractivity contribution in [2.24, 2.45) is 0 Å². The molecule has 2 aliphatic heterocycles. The summed E-state index contributed by atoms with van der Waals surface area (Å²) in [6, 6.07) is 14.7. The third-order valence-corrected chi connectivity index (χ3v) is 10.8. The fraction of sp³-hybridized carbons (Fsp3) is 0.276. The third kappa shape index (κ3) is 4.92. The number of benzene rings is 2. The Kier molecular flexibility index (Phi) is 7.43. The van der Waals surface area contributed by atoms with Gasteiger partial charge in [-0.1, -0.05) is 47.5 Å². The molecule has 0 radical (unpaired) electrons. The Morgan fingerprint density at radius 2 is 1.67 bits per heavy atom. The van der Waals surface area contributed by atoms with Crippen LogP contribution >= 0.6 is 34.5 Å². The lowest BCUT2D eigenvalue weighted by molar-refractivity contribution is -0.130. The summed E-state index contributed by atoms with van der Waals surface area (Å²) in [4.78, 5) is 33.6. The Morgan fingerprint density at radius 1 is 1.00 bits per heavy atom. The summed E-state index contributed by atoms with van der Waals surface area (Å²) >= 11 is 14.2. The highest BCUT2D eigenvalue weighted by Gasteiger charge is 2.52. The smallest absolute Gasteiger partial charge is 0.260 e. The van der Waals surface area contributed by atoms with Crippen LogP contribution in [0.1, 0.15) is 19.4 Å². The number of carbonyl (C=O) groups is 2. The summed E-state index contributed by atoms with van der Waals surface area (Å²) < 4.78 is 31.0. The summed E-state index contributed by atoms with van der Waals surface area (Å²) in [5.74, 6) is -0.295. The average molecular weight is 645 g/mol. The van der Waals surface area contributed by atoms with E-state index in [2.05, 4.69) is 10.4 Å². The standard InChI is InChI=1S/C29H27Cl2N5O4S2/c1-19(37)33-8-10-34(11-9-33)42(39,40)26-17-32-28-35(25-14-23(30)13-24(31)15-25)27(38)29(2,36(26)28)16-20-3-5-21(6-4-20)22-7-12-41-18-22/h3-7,12-15,17-18H,8-11,16H2,1-2H3.